The largest absolute Gasteiger partial charge is 0.369 e. The predicted octanol–water partition coefficient (Wildman–Crippen LogP) is 1.06. The van der Waals surface area contributed by atoms with Crippen LogP contribution in [-0.2, 0) is 4.79 Å². The summed E-state index contributed by atoms with van der Waals surface area (Å²) < 4.78 is 0. The van der Waals surface area contributed by atoms with Gasteiger partial charge in [0, 0.05) is 31.7 Å². The van der Waals surface area contributed by atoms with E-state index in [0.29, 0.717) is 23.9 Å². The lowest BCUT2D eigenvalue weighted by Gasteiger charge is -2.42. The first-order chi connectivity index (χ1) is 9.28. The van der Waals surface area contributed by atoms with Gasteiger partial charge in [-0.25, -0.2) is 0 Å². The van der Waals surface area contributed by atoms with E-state index in [2.05, 4.69) is 21.3 Å². The lowest BCUT2D eigenvalue weighted by atomic mass is 9.85. The number of rotatable bonds is 1. The van der Waals surface area contributed by atoms with Crippen LogP contribution in [0.25, 0.3) is 0 Å². The highest BCUT2D eigenvalue weighted by atomic mass is 16.1. The van der Waals surface area contributed by atoms with Crippen molar-refractivity contribution >= 4 is 11.6 Å². The van der Waals surface area contributed by atoms with E-state index < -0.39 is 0 Å². The molecule has 2 aliphatic heterocycles. The van der Waals surface area contributed by atoms with E-state index in [4.69, 9.17) is 5.26 Å². The van der Waals surface area contributed by atoms with Crippen molar-refractivity contribution in [1.82, 2.24) is 10.3 Å². The average Bonchev–Trinajstić information content (AvgIpc) is 2.46. The maximum Gasteiger partial charge on any atom is 0.220 e. The first kappa shape index (κ1) is 12.0. The number of anilines is 1. The molecule has 0 bridgehead atoms. The molecule has 1 amide bonds. The molecule has 3 rings (SSSR count). The third kappa shape index (κ3) is 2.26. The van der Waals surface area contributed by atoms with Crippen molar-refractivity contribution in [1.29, 1.82) is 5.26 Å². The topological polar surface area (TPSA) is 69.0 Å². The van der Waals surface area contributed by atoms with Gasteiger partial charge in [-0.1, -0.05) is 0 Å². The van der Waals surface area contributed by atoms with Crippen LogP contribution in [0.4, 0.5) is 5.69 Å². The highest BCUT2D eigenvalue weighted by Crippen LogP contribution is 2.29. The molecule has 2 fully saturated rings. The monoisotopic (exact) mass is 256 g/mol. The summed E-state index contributed by atoms with van der Waals surface area (Å²) in [6.45, 7) is 1.76. The summed E-state index contributed by atoms with van der Waals surface area (Å²) in [6, 6.07) is 4.28. The third-order valence-corrected chi connectivity index (χ3v) is 4.08. The Bertz CT molecular complexity index is 536. The quantitative estimate of drug-likeness (QED) is 0.815. The lowest BCUT2D eigenvalue weighted by molar-refractivity contribution is -0.124. The molecule has 19 heavy (non-hydrogen) atoms. The van der Waals surface area contributed by atoms with Gasteiger partial charge in [0.25, 0.3) is 0 Å². The van der Waals surface area contributed by atoms with Crippen molar-refractivity contribution in [3.63, 3.8) is 0 Å². The van der Waals surface area contributed by atoms with E-state index in [-0.39, 0.29) is 5.91 Å². The normalized spacial score (nSPS) is 26.3. The van der Waals surface area contributed by atoms with E-state index in [1.807, 2.05) is 0 Å². The molecule has 0 aromatic carbocycles. The summed E-state index contributed by atoms with van der Waals surface area (Å²) in [5, 5.41) is 12.2. The SMILES string of the molecule is N#Cc1ccncc1N1CCC2NC(=O)CCC2C1. The zero-order valence-electron chi connectivity index (χ0n) is 10.7. The molecule has 0 aliphatic carbocycles. The number of hydrogen-bond donors (Lipinski definition) is 1. The van der Waals surface area contributed by atoms with Crippen molar-refractivity contribution < 1.29 is 4.79 Å². The average molecular weight is 256 g/mol. The number of nitrogens with zero attached hydrogens (tertiary/aromatic N) is 3. The Morgan fingerprint density at radius 1 is 1.47 bits per heavy atom. The van der Waals surface area contributed by atoms with Crippen LogP contribution in [0, 0.1) is 17.2 Å². The van der Waals surface area contributed by atoms with Gasteiger partial charge < -0.3 is 10.2 Å². The number of pyridine rings is 1. The van der Waals surface area contributed by atoms with Crippen molar-refractivity contribution in [2.45, 2.75) is 25.3 Å². The number of piperidine rings is 2. The Morgan fingerprint density at radius 2 is 2.37 bits per heavy atom. The van der Waals surface area contributed by atoms with Crippen LogP contribution >= 0.6 is 0 Å². The standard InChI is InChI=1S/C14H16N4O/c15-7-10-3-5-16-8-13(10)18-6-4-12-11(9-18)1-2-14(19)17-12/h3,5,8,11-12H,1-2,4,6,9H2,(H,17,19). The molecular formula is C14H16N4O. The Balaban J connectivity index is 1.78. The van der Waals surface area contributed by atoms with Gasteiger partial charge in [-0.2, -0.15) is 5.26 Å². The van der Waals surface area contributed by atoms with E-state index in [9.17, 15) is 4.79 Å². The second-order valence-corrected chi connectivity index (χ2v) is 5.21. The van der Waals surface area contributed by atoms with E-state index >= 15 is 0 Å². The molecule has 5 nitrogen and oxygen atoms in total. The van der Waals surface area contributed by atoms with Gasteiger partial charge in [0.2, 0.25) is 5.91 Å². The summed E-state index contributed by atoms with van der Waals surface area (Å²) in [7, 11) is 0. The van der Waals surface area contributed by atoms with Crippen LogP contribution in [0.5, 0.6) is 0 Å². The zero-order chi connectivity index (χ0) is 13.2. The molecule has 2 unspecified atom stereocenters. The lowest BCUT2D eigenvalue weighted by Crippen LogP contribution is -2.54. The van der Waals surface area contributed by atoms with Crippen LogP contribution < -0.4 is 10.2 Å². The van der Waals surface area contributed by atoms with Gasteiger partial charge in [0.1, 0.15) is 6.07 Å². The number of aromatic nitrogens is 1. The van der Waals surface area contributed by atoms with Crippen molar-refractivity contribution in [3.05, 3.63) is 24.0 Å². The molecule has 1 aromatic heterocycles. The highest BCUT2D eigenvalue weighted by Gasteiger charge is 2.34. The summed E-state index contributed by atoms with van der Waals surface area (Å²) in [5.74, 6) is 0.659. The molecule has 98 valence electrons. The molecule has 2 saturated heterocycles. The third-order valence-electron chi connectivity index (χ3n) is 4.08. The van der Waals surface area contributed by atoms with Crippen LogP contribution in [-0.4, -0.2) is 30.0 Å². The fourth-order valence-corrected chi connectivity index (χ4v) is 3.06. The predicted molar refractivity (Wildman–Crippen MR) is 70.4 cm³/mol. The van der Waals surface area contributed by atoms with Crippen molar-refractivity contribution in [2.24, 2.45) is 5.92 Å². The van der Waals surface area contributed by atoms with E-state index in [1.54, 1.807) is 18.5 Å². The number of nitrogens with one attached hydrogen (secondary N) is 1. The molecular weight excluding hydrogens is 240 g/mol. The maximum atomic E-state index is 11.4. The molecule has 2 aliphatic rings. The Hall–Kier alpha value is -2.09. The minimum Gasteiger partial charge on any atom is -0.369 e. The smallest absolute Gasteiger partial charge is 0.220 e. The fraction of sp³-hybridized carbons (Fsp3) is 0.500. The van der Waals surface area contributed by atoms with Crippen molar-refractivity contribution in [3.8, 4) is 6.07 Å². The van der Waals surface area contributed by atoms with Crippen LogP contribution in [0.2, 0.25) is 0 Å². The number of fused-ring (bicyclic) bond motifs is 1. The van der Waals surface area contributed by atoms with Crippen LogP contribution in [0.1, 0.15) is 24.8 Å². The van der Waals surface area contributed by atoms with Gasteiger partial charge in [-0.05, 0) is 24.8 Å². The molecule has 5 heteroatoms. The minimum atomic E-state index is 0.175. The summed E-state index contributed by atoms with van der Waals surface area (Å²) >= 11 is 0. The van der Waals surface area contributed by atoms with Crippen LogP contribution in [0.3, 0.4) is 0 Å². The zero-order valence-corrected chi connectivity index (χ0v) is 10.7. The van der Waals surface area contributed by atoms with Gasteiger partial charge in [0.05, 0.1) is 17.4 Å². The Morgan fingerprint density at radius 3 is 3.21 bits per heavy atom. The summed E-state index contributed by atoms with van der Waals surface area (Å²) in [5.41, 5.74) is 1.59. The molecule has 0 spiro atoms. The molecule has 0 radical (unpaired) electrons. The molecule has 0 saturated carbocycles. The number of hydrogen-bond acceptors (Lipinski definition) is 4. The first-order valence-electron chi connectivity index (χ1n) is 6.66. The minimum absolute atomic E-state index is 0.175. The first-order valence-corrected chi connectivity index (χ1v) is 6.66. The van der Waals surface area contributed by atoms with Crippen molar-refractivity contribution in [2.75, 3.05) is 18.0 Å². The number of carbonyl (C=O) groups excluding carboxylic acids is 1. The van der Waals surface area contributed by atoms with Gasteiger partial charge >= 0.3 is 0 Å². The van der Waals surface area contributed by atoms with E-state index in [1.165, 1.54) is 0 Å². The Labute approximate surface area is 112 Å². The number of nitriles is 1. The van der Waals surface area contributed by atoms with Gasteiger partial charge in [0.15, 0.2) is 0 Å². The van der Waals surface area contributed by atoms with Gasteiger partial charge in [-0.15, -0.1) is 0 Å². The second-order valence-electron chi connectivity index (χ2n) is 5.21. The Kier molecular flexibility index (Phi) is 3.08. The highest BCUT2D eigenvalue weighted by molar-refractivity contribution is 5.77. The molecule has 1 aromatic rings. The fourth-order valence-electron chi connectivity index (χ4n) is 3.06. The summed E-state index contributed by atoms with van der Waals surface area (Å²) in [6.07, 6.45) is 5.91. The van der Waals surface area contributed by atoms with E-state index in [0.717, 1.165) is 31.6 Å². The second kappa shape index (κ2) is 4.88. The maximum absolute atomic E-state index is 11.4. The number of carbonyl (C=O) groups is 1. The molecule has 3 heterocycles. The summed E-state index contributed by atoms with van der Waals surface area (Å²) in [4.78, 5) is 17.7. The molecule has 2 atom stereocenters. The molecule has 1 N–H and O–H groups in total. The van der Waals surface area contributed by atoms with Crippen LogP contribution in [0.15, 0.2) is 18.5 Å². The van der Waals surface area contributed by atoms with Gasteiger partial charge in [-0.3, -0.25) is 9.78 Å². The number of amides is 1.